The Labute approximate surface area is 104 Å². The van der Waals surface area contributed by atoms with E-state index in [0.717, 1.165) is 12.8 Å². The van der Waals surface area contributed by atoms with Crippen LogP contribution in [0.2, 0.25) is 0 Å². The summed E-state index contributed by atoms with van der Waals surface area (Å²) in [6.45, 7) is 2.38. The summed E-state index contributed by atoms with van der Waals surface area (Å²) in [6, 6.07) is 0. The Balaban J connectivity index is -0.000000403. The molecule has 0 aliphatic heterocycles. The Hall–Kier alpha value is 0.340. The molecule has 0 heterocycles. The summed E-state index contributed by atoms with van der Waals surface area (Å²) >= 11 is 0. The molecule has 5 heteroatoms. The molecule has 0 saturated heterocycles. The second-order valence-electron chi connectivity index (χ2n) is 3.09. The van der Waals surface area contributed by atoms with Crippen molar-refractivity contribution in [3.8, 4) is 0 Å². The third kappa shape index (κ3) is 6.74. The Morgan fingerprint density at radius 3 is 2.07 bits per heavy atom. The molecule has 1 aliphatic carbocycles. The van der Waals surface area contributed by atoms with Crippen molar-refractivity contribution in [2.75, 3.05) is 6.61 Å². The van der Waals surface area contributed by atoms with Crippen molar-refractivity contribution in [3.63, 3.8) is 0 Å². The van der Waals surface area contributed by atoms with E-state index in [2.05, 4.69) is 0 Å². The second-order valence-corrected chi connectivity index (χ2v) is 3.09. The lowest BCUT2D eigenvalue weighted by Gasteiger charge is -2.19. The summed E-state index contributed by atoms with van der Waals surface area (Å²) in [5.74, 6) is 0.232. The molecule has 88 valence electrons. The fourth-order valence-corrected chi connectivity index (χ4v) is 1.60. The predicted octanol–water partition coefficient (Wildman–Crippen LogP) is 3.40. The number of halogens is 3. The van der Waals surface area contributed by atoms with Gasteiger partial charge in [-0.05, 0) is 19.8 Å². The Morgan fingerprint density at radius 2 is 1.64 bits per heavy atom. The number of hydrogen-bond donors (Lipinski definition) is 0. The smallest absolute Gasteiger partial charge is 0.308 e. The third-order valence-electron chi connectivity index (χ3n) is 2.23. The molecule has 0 aromatic carbocycles. The van der Waals surface area contributed by atoms with E-state index < -0.39 is 0 Å². The van der Waals surface area contributed by atoms with Gasteiger partial charge < -0.3 is 4.74 Å². The first-order chi connectivity index (χ1) is 5.34. The average molecular weight is 266 g/mol. The van der Waals surface area contributed by atoms with Crippen LogP contribution in [0.15, 0.2) is 0 Å². The van der Waals surface area contributed by atoms with Crippen LogP contribution in [0.25, 0.3) is 0 Å². The van der Waals surface area contributed by atoms with E-state index in [-0.39, 0.29) is 49.1 Å². The number of carbonyl (C=O) groups is 1. The molecular formula is C9H19Cl3O2. The van der Waals surface area contributed by atoms with E-state index in [1.807, 2.05) is 6.92 Å². The Bertz CT molecular complexity index is 136. The van der Waals surface area contributed by atoms with Gasteiger partial charge in [-0.25, -0.2) is 0 Å². The summed E-state index contributed by atoms with van der Waals surface area (Å²) in [7, 11) is 0. The molecule has 0 amide bonds. The Kier molecular flexibility index (Phi) is 16.2. The predicted molar refractivity (Wildman–Crippen MR) is 65.0 cm³/mol. The number of esters is 1. The van der Waals surface area contributed by atoms with Crippen LogP contribution in [0.5, 0.6) is 0 Å². The van der Waals surface area contributed by atoms with Gasteiger partial charge in [-0.15, -0.1) is 37.2 Å². The molecule has 0 bridgehead atoms. The SMILES string of the molecule is CCOC(=O)C1CCCCC1.Cl.Cl.Cl. The normalized spacial score (nSPS) is 15.5. The van der Waals surface area contributed by atoms with Gasteiger partial charge in [-0.1, -0.05) is 19.3 Å². The lowest BCUT2D eigenvalue weighted by atomic mass is 9.89. The van der Waals surface area contributed by atoms with Crippen molar-refractivity contribution in [3.05, 3.63) is 0 Å². The minimum Gasteiger partial charge on any atom is -0.466 e. The monoisotopic (exact) mass is 264 g/mol. The van der Waals surface area contributed by atoms with E-state index in [4.69, 9.17) is 4.74 Å². The molecule has 0 radical (unpaired) electrons. The Morgan fingerprint density at radius 1 is 1.14 bits per heavy atom. The highest BCUT2D eigenvalue weighted by Crippen LogP contribution is 2.24. The molecule has 0 unspecified atom stereocenters. The molecule has 1 fully saturated rings. The zero-order valence-electron chi connectivity index (χ0n) is 8.36. The van der Waals surface area contributed by atoms with E-state index in [9.17, 15) is 4.79 Å². The molecule has 0 spiro atoms. The molecule has 0 aromatic heterocycles. The van der Waals surface area contributed by atoms with Crippen molar-refractivity contribution < 1.29 is 9.53 Å². The van der Waals surface area contributed by atoms with Crippen LogP contribution in [-0.2, 0) is 9.53 Å². The summed E-state index contributed by atoms with van der Waals surface area (Å²) in [6.07, 6.45) is 5.76. The highest BCUT2D eigenvalue weighted by atomic mass is 35.5. The molecule has 1 saturated carbocycles. The van der Waals surface area contributed by atoms with Crippen LogP contribution in [0.3, 0.4) is 0 Å². The van der Waals surface area contributed by atoms with Crippen LogP contribution in [-0.4, -0.2) is 12.6 Å². The maximum atomic E-state index is 11.2. The molecular weight excluding hydrogens is 246 g/mol. The first-order valence-electron chi connectivity index (χ1n) is 4.51. The molecule has 14 heavy (non-hydrogen) atoms. The quantitative estimate of drug-likeness (QED) is 0.715. The van der Waals surface area contributed by atoms with Crippen LogP contribution in [0.1, 0.15) is 39.0 Å². The van der Waals surface area contributed by atoms with Gasteiger partial charge in [0.15, 0.2) is 0 Å². The number of hydrogen-bond acceptors (Lipinski definition) is 2. The molecule has 1 aliphatic rings. The fraction of sp³-hybridized carbons (Fsp3) is 0.889. The molecule has 0 atom stereocenters. The topological polar surface area (TPSA) is 26.3 Å². The summed E-state index contributed by atoms with van der Waals surface area (Å²) in [4.78, 5) is 11.2. The molecule has 2 nitrogen and oxygen atoms in total. The van der Waals surface area contributed by atoms with Crippen LogP contribution in [0, 0.1) is 5.92 Å². The number of ether oxygens (including phenoxy) is 1. The largest absolute Gasteiger partial charge is 0.466 e. The highest BCUT2D eigenvalue weighted by molar-refractivity contribution is 5.86. The minimum absolute atomic E-state index is 0. The second kappa shape index (κ2) is 11.4. The van der Waals surface area contributed by atoms with Gasteiger partial charge in [0.25, 0.3) is 0 Å². The fourth-order valence-electron chi connectivity index (χ4n) is 1.60. The summed E-state index contributed by atoms with van der Waals surface area (Å²) in [5, 5.41) is 0. The maximum Gasteiger partial charge on any atom is 0.308 e. The molecule has 0 N–H and O–H groups in total. The molecule has 0 aromatic rings. The van der Waals surface area contributed by atoms with Crippen molar-refractivity contribution in [2.24, 2.45) is 5.92 Å². The van der Waals surface area contributed by atoms with Crippen LogP contribution >= 0.6 is 37.2 Å². The first-order valence-corrected chi connectivity index (χ1v) is 4.51. The third-order valence-corrected chi connectivity index (χ3v) is 2.23. The lowest BCUT2D eigenvalue weighted by molar-refractivity contribution is -0.149. The average Bonchev–Trinajstić information content (AvgIpc) is 2.07. The van der Waals surface area contributed by atoms with Gasteiger partial charge in [0.2, 0.25) is 0 Å². The highest BCUT2D eigenvalue weighted by Gasteiger charge is 2.21. The standard InChI is InChI=1S/C9H16O2.3ClH/c1-2-11-9(10)8-6-4-3-5-7-8;;;/h8H,2-7H2,1H3;3*1H. The van der Waals surface area contributed by atoms with Gasteiger partial charge in [0.05, 0.1) is 12.5 Å². The summed E-state index contributed by atoms with van der Waals surface area (Å²) in [5.41, 5.74) is 0. The van der Waals surface area contributed by atoms with Gasteiger partial charge in [-0.2, -0.15) is 0 Å². The van der Waals surface area contributed by atoms with E-state index in [1.54, 1.807) is 0 Å². The van der Waals surface area contributed by atoms with Gasteiger partial charge in [0, 0.05) is 0 Å². The van der Waals surface area contributed by atoms with Gasteiger partial charge in [-0.3, -0.25) is 4.79 Å². The van der Waals surface area contributed by atoms with E-state index >= 15 is 0 Å². The van der Waals surface area contributed by atoms with Gasteiger partial charge >= 0.3 is 5.97 Å². The van der Waals surface area contributed by atoms with Crippen LogP contribution in [0.4, 0.5) is 0 Å². The van der Waals surface area contributed by atoms with Crippen molar-refractivity contribution in [1.29, 1.82) is 0 Å². The van der Waals surface area contributed by atoms with Crippen molar-refractivity contribution in [1.82, 2.24) is 0 Å². The minimum atomic E-state index is 0. The van der Waals surface area contributed by atoms with Gasteiger partial charge in [0.1, 0.15) is 0 Å². The lowest BCUT2D eigenvalue weighted by Crippen LogP contribution is -2.20. The van der Waals surface area contributed by atoms with Crippen molar-refractivity contribution >= 4 is 43.2 Å². The molecule has 1 rings (SSSR count). The number of carbonyl (C=O) groups excluding carboxylic acids is 1. The maximum absolute atomic E-state index is 11.2. The summed E-state index contributed by atoms with van der Waals surface area (Å²) < 4.78 is 4.94. The number of rotatable bonds is 2. The van der Waals surface area contributed by atoms with Crippen molar-refractivity contribution in [2.45, 2.75) is 39.0 Å². The van der Waals surface area contributed by atoms with Crippen LogP contribution < -0.4 is 0 Å². The zero-order valence-corrected chi connectivity index (χ0v) is 10.8. The zero-order chi connectivity index (χ0) is 8.10. The van der Waals surface area contributed by atoms with E-state index in [1.165, 1.54) is 19.3 Å². The first kappa shape index (κ1) is 19.8. The van der Waals surface area contributed by atoms with E-state index in [0.29, 0.717) is 6.61 Å².